The van der Waals surface area contributed by atoms with Crippen molar-refractivity contribution in [2.75, 3.05) is 59.8 Å². The molecule has 0 bridgehead atoms. The molecular formula is C26H35N3O7S. The third kappa shape index (κ3) is 8.89. The van der Waals surface area contributed by atoms with Gasteiger partial charge in [0, 0.05) is 31.5 Å². The molecule has 1 aromatic carbocycles. The predicted molar refractivity (Wildman–Crippen MR) is 137 cm³/mol. The number of rotatable bonds is 14. The van der Waals surface area contributed by atoms with Crippen molar-refractivity contribution in [3.63, 3.8) is 0 Å². The Hall–Kier alpha value is -2.86. The second-order valence-corrected chi connectivity index (χ2v) is 9.34. The lowest BCUT2D eigenvalue weighted by Crippen LogP contribution is -2.40. The number of benzene rings is 1. The van der Waals surface area contributed by atoms with Gasteiger partial charge >= 0.3 is 5.97 Å². The zero-order valence-electron chi connectivity index (χ0n) is 21.4. The summed E-state index contributed by atoms with van der Waals surface area (Å²) in [5, 5.41) is 5.32. The summed E-state index contributed by atoms with van der Waals surface area (Å²) in [6.45, 7) is 5.00. The van der Waals surface area contributed by atoms with Crippen molar-refractivity contribution in [2.45, 2.75) is 31.7 Å². The third-order valence-electron chi connectivity index (χ3n) is 5.91. The Bertz CT molecular complexity index is 993. The monoisotopic (exact) mass is 533 g/mol. The quantitative estimate of drug-likeness (QED) is 0.291. The molecule has 11 heteroatoms. The van der Waals surface area contributed by atoms with Gasteiger partial charge < -0.3 is 29.2 Å². The first kappa shape index (κ1) is 28.7. The van der Waals surface area contributed by atoms with Gasteiger partial charge in [-0.1, -0.05) is 30.3 Å². The van der Waals surface area contributed by atoms with Crippen LogP contribution in [0.5, 0.6) is 0 Å². The van der Waals surface area contributed by atoms with E-state index < -0.39 is 17.9 Å². The number of thiazole rings is 1. The van der Waals surface area contributed by atoms with Crippen LogP contribution in [0.25, 0.3) is 0 Å². The molecule has 2 heterocycles. The summed E-state index contributed by atoms with van der Waals surface area (Å²) >= 11 is 1.42. The highest BCUT2D eigenvalue weighted by molar-refractivity contribution is 7.09. The van der Waals surface area contributed by atoms with Crippen LogP contribution >= 0.6 is 11.3 Å². The number of likely N-dealkylation sites (tertiary alicyclic amines) is 1. The minimum Gasteiger partial charge on any atom is -0.464 e. The van der Waals surface area contributed by atoms with Crippen molar-refractivity contribution in [1.29, 1.82) is 0 Å². The number of nitrogens with one attached hydrogen (secondary N) is 1. The molecule has 37 heavy (non-hydrogen) atoms. The van der Waals surface area contributed by atoms with Crippen LogP contribution in [0.2, 0.25) is 0 Å². The average Bonchev–Trinajstić information content (AvgIpc) is 3.42. The van der Waals surface area contributed by atoms with Gasteiger partial charge in [0.05, 0.1) is 38.0 Å². The van der Waals surface area contributed by atoms with Crippen molar-refractivity contribution in [2.24, 2.45) is 0 Å². The van der Waals surface area contributed by atoms with E-state index in [9.17, 15) is 14.4 Å². The average molecular weight is 534 g/mol. The molecule has 1 aliphatic heterocycles. The van der Waals surface area contributed by atoms with Gasteiger partial charge in [-0.15, -0.1) is 11.3 Å². The van der Waals surface area contributed by atoms with Gasteiger partial charge in [-0.2, -0.15) is 0 Å². The standard InChI is InChI=1S/C26H35N3O7S/c1-3-36-26(32)23(19-7-5-4-6-8-19)28-24(31)21-18-37-25(27-21)20-9-11-29(12-10-20)22(30)17-35-16-15-34-14-13-33-2/h4-8,18,20,23H,3,9-17H2,1-2H3,(H,28,31). The molecule has 1 saturated heterocycles. The Morgan fingerprint density at radius 2 is 1.78 bits per heavy atom. The molecule has 0 aliphatic carbocycles. The zero-order chi connectivity index (χ0) is 26.5. The van der Waals surface area contributed by atoms with Crippen LogP contribution in [0.15, 0.2) is 35.7 Å². The Kier molecular flexibility index (Phi) is 12.0. The lowest BCUT2D eigenvalue weighted by molar-refractivity contribution is -0.145. The molecule has 1 aliphatic rings. The largest absolute Gasteiger partial charge is 0.464 e. The molecule has 1 fully saturated rings. The van der Waals surface area contributed by atoms with E-state index in [0.29, 0.717) is 45.1 Å². The van der Waals surface area contributed by atoms with Crippen LogP contribution in [0.3, 0.4) is 0 Å². The Labute approximate surface area is 221 Å². The molecule has 1 aromatic heterocycles. The minimum absolute atomic E-state index is 0.0307. The lowest BCUT2D eigenvalue weighted by atomic mass is 9.97. The number of methoxy groups -OCH3 is 1. The van der Waals surface area contributed by atoms with Crippen molar-refractivity contribution >= 4 is 29.1 Å². The first-order valence-electron chi connectivity index (χ1n) is 12.4. The van der Waals surface area contributed by atoms with Crippen molar-refractivity contribution in [1.82, 2.24) is 15.2 Å². The summed E-state index contributed by atoms with van der Waals surface area (Å²) in [6, 6.07) is 8.07. The number of hydrogen-bond acceptors (Lipinski definition) is 9. The fourth-order valence-electron chi connectivity index (χ4n) is 3.92. The van der Waals surface area contributed by atoms with Gasteiger partial charge in [-0.3, -0.25) is 9.59 Å². The SMILES string of the molecule is CCOC(=O)C(NC(=O)c1csc(C2CCN(C(=O)COCCOCCOC)CC2)n1)c1ccccc1. The molecular weight excluding hydrogens is 498 g/mol. The maximum Gasteiger partial charge on any atom is 0.333 e. The van der Waals surface area contributed by atoms with Crippen LogP contribution in [0, 0.1) is 0 Å². The smallest absolute Gasteiger partial charge is 0.333 e. The van der Waals surface area contributed by atoms with Crippen LogP contribution < -0.4 is 5.32 Å². The van der Waals surface area contributed by atoms with Crippen molar-refractivity contribution < 1.29 is 33.3 Å². The number of ether oxygens (including phenoxy) is 4. The molecule has 2 amide bonds. The lowest BCUT2D eigenvalue weighted by Gasteiger charge is -2.31. The maximum atomic E-state index is 12.9. The normalized spacial score (nSPS) is 14.8. The van der Waals surface area contributed by atoms with Gasteiger partial charge in [-0.05, 0) is 25.3 Å². The summed E-state index contributed by atoms with van der Waals surface area (Å²) in [7, 11) is 1.61. The Morgan fingerprint density at radius 3 is 2.49 bits per heavy atom. The molecule has 202 valence electrons. The second-order valence-electron chi connectivity index (χ2n) is 8.45. The maximum absolute atomic E-state index is 12.9. The third-order valence-corrected chi connectivity index (χ3v) is 6.92. The molecule has 0 spiro atoms. The number of hydrogen-bond donors (Lipinski definition) is 1. The van der Waals surface area contributed by atoms with E-state index in [1.54, 1.807) is 48.6 Å². The summed E-state index contributed by atoms with van der Waals surface area (Å²) in [4.78, 5) is 44.2. The number of aromatic nitrogens is 1. The highest BCUT2D eigenvalue weighted by Gasteiger charge is 2.28. The topological polar surface area (TPSA) is 116 Å². The van der Waals surface area contributed by atoms with E-state index in [4.69, 9.17) is 18.9 Å². The van der Waals surface area contributed by atoms with Gasteiger partial charge in [0.25, 0.3) is 5.91 Å². The molecule has 2 aromatic rings. The fraction of sp³-hybridized carbons (Fsp3) is 0.538. The molecule has 1 atom stereocenters. The summed E-state index contributed by atoms with van der Waals surface area (Å²) in [5.41, 5.74) is 0.911. The van der Waals surface area contributed by atoms with Crippen LogP contribution in [-0.2, 0) is 28.5 Å². The van der Waals surface area contributed by atoms with Gasteiger partial charge in [-0.25, -0.2) is 9.78 Å². The van der Waals surface area contributed by atoms with Crippen LogP contribution in [0.4, 0.5) is 0 Å². The first-order valence-corrected chi connectivity index (χ1v) is 13.3. The first-order chi connectivity index (χ1) is 18.0. The van der Waals surface area contributed by atoms with Crippen molar-refractivity contribution in [3.05, 3.63) is 52.0 Å². The molecule has 0 saturated carbocycles. The molecule has 1 unspecified atom stereocenters. The van der Waals surface area contributed by atoms with Gasteiger partial charge in [0.1, 0.15) is 12.3 Å². The highest BCUT2D eigenvalue weighted by atomic mass is 32.1. The molecule has 3 rings (SSSR count). The zero-order valence-corrected chi connectivity index (χ0v) is 22.2. The molecule has 0 radical (unpaired) electrons. The summed E-state index contributed by atoms with van der Waals surface area (Å²) in [6.07, 6.45) is 1.52. The number of carbonyl (C=O) groups is 3. The van der Waals surface area contributed by atoms with E-state index in [2.05, 4.69) is 10.3 Å². The van der Waals surface area contributed by atoms with E-state index in [0.717, 1.165) is 17.8 Å². The minimum atomic E-state index is -0.910. The number of amides is 2. The number of esters is 1. The van der Waals surface area contributed by atoms with E-state index in [1.807, 2.05) is 6.07 Å². The van der Waals surface area contributed by atoms with Gasteiger partial charge in [0.2, 0.25) is 5.91 Å². The second kappa shape index (κ2) is 15.4. The number of carbonyl (C=O) groups excluding carboxylic acids is 3. The Morgan fingerprint density at radius 1 is 1.08 bits per heavy atom. The molecule has 10 nitrogen and oxygen atoms in total. The fourth-order valence-corrected chi connectivity index (χ4v) is 4.89. The van der Waals surface area contributed by atoms with Gasteiger partial charge in [0.15, 0.2) is 6.04 Å². The predicted octanol–water partition coefficient (Wildman–Crippen LogP) is 2.56. The Balaban J connectivity index is 1.47. The van der Waals surface area contributed by atoms with E-state index >= 15 is 0 Å². The van der Waals surface area contributed by atoms with E-state index in [1.165, 1.54) is 11.3 Å². The van der Waals surface area contributed by atoms with Crippen molar-refractivity contribution in [3.8, 4) is 0 Å². The van der Waals surface area contributed by atoms with E-state index in [-0.39, 0.29) is 30.7 Å². The summed E-state index contributed by atoms with van der Waals surface area (Å²) in [5.74, 6) is -0.821. The van der Waals surface area contributed by atoms with Crippen LogP contribution in [0.1, 0.15) is 52.8 Å². The van der Waals surface area contributed by atoms with Crippen LogP contribution in [-0.4, -0.2) is 87.5 Å². The molecule has 1 N–H and O–H groups in total. The highest BCUT2D eigenvalue weighted by Crippen LogP contribution is 2.30. The number of nitrogens with zero attached hydrogens (tertiary/aromatic N) is 2. The number of piperidine rings is 1. The summed E-state index contributed by atoms with van der Waals surface area (Å²) < 4.78 is 20.8.